The van der Waals surface area contributed by atoms with Gasteiger partial charge in [0, 0.05) is 18.5 Å². The van der Waals surface area contributed by atoms with E-state index in [4.69, 9.17) is 9.15 Å². The maximum atomic E-state index is 13.2. The van der Waals surface area contributed by atoms with E-state index in [0.29, 0.717) is 18.7 Å². The Labute approximate surface area is 173 Å². The number of benzene rings is 1. The fraction of sp³-hybridized carbons (Fsp3) is 0.364. The van der Waals surface area contributed by atoms with Crippen molar-refractivity contribution in [3.63, 3.8) is 0 Å². The second-order valence-electron chi connectivity index (χ2n) is 7.46. The van der Waals surface area contributed by atoms with Gasteiger partial charge in [0.05, 0.1) is 26.0 Å². The van der Waals surface area contributed by atoms with Gasteiger partial charge in [0.1, 0.15) is 30.7 Å². The molecule has 7 nitrogen and oxygen atoms in total. The highest BCUT2D eigenvalue weighted by Gasteiger charge is 2.45. The smallest absolute Gasteiger partial charge is 0.295 e. The summed E-state index contributed by atoms with van der Waals surface area (Å²) in [6.45, 7) is 4.43. The molecule has 1 unspecified atom stereocenters. The summed E-state index contributed by atoms with van der Waals surface area (Å²) in [6.07, 6.45) is 2.13. The fourth-order valence-electron chi connectivity index (χ4n) is 4.01. The van der Waals surface area contributed by atoms with Crippen LogP contribution in [-0.4, -0.2) is 56.0 Å². The molecule has 2 fully saturated rings. The van der Waals surface area contributed by atoms with Crippen LogP contribution < -0.4 is 10.0 Å². The lowest BCUT2D eigenvalue weighted by Crippen LogP contribution is -3.14. The number of hydrogen-bond donors (Lipinski definition) is 1. The predicted molar refractivity (Wildman–Crippen MR) is 102 cm³/mol. The van der Waals surface area contributed by atoms with E-state index in [1.807, 2.05) is 0 Å². The average Bonchev–Trinajstić information content (AvgIpc) is 3.37. The highest BCUT2D eigenvalue weighted by molar-refractivity contribution is 6.46. The van der Waals surface area contributed by atoms with Gasteiger partial charge < -0.3 is 24.1 Å². The molecular formula is C22H23FN2O5. The van der Waals surface area contributed by atoms with Crippen molar-refractivity contribution in [3.8, 4) is 0 Å². The average molecular weight is 414 g/mol. The van der Waals surface area contributed by atoms with Crippen LogP contribution >= 0.6 is 0 Å². The molecule has 2 aliphatic rings. The number of ketones is 1. The van der Waals surface area contributed by atoms with Crippen LogP contribution in [0.5, 0.6) is 0 Å². The molecule has 0 saturated carbocycles. The lowest BCUT2D eigenvalue weighted by atomic mass is 9.99. The molecule has 4 rings (SSSR count). The molecule has 1 N–H and O–H groups in total. The summed E-state index contributed by atoms with van der Waals surface area (Å²) in [5.74, 6) is -2.25. The Morgan fingerprint density at radius 2 is 1.90 bits per heavy atom. The van der Waals surface area contributed by atoms with E-state index in [9.17, 15) is 19.1 Å². The number of hydrogen-bond acceptors (Lipinski definition) is 5. The van der Waals surface area contributed by atoms with Crippen LogP contribution in [0, 0.1) is 5.82 Å². The van der Waals surface area contributed by atoms with Crippen LogP contribution in [0.4, 0.5) is 4.39 Å². The van der Waals surface area contributed by atoms with Crippen molar-refractivity contribution < 1.29 is 33.1 Å². The van der Waals surface area contributed by atoms with E-state index in [1.165, 1.54) is 28.2 Å². The minimum atomic E-state index is -0.878. The number of quaternary nitrogens is 1. The van der Waals surface area contributed by atoms with Crippen molar-refractivity contribution in [2.45, 2.75) is 12.5 Å². The van der Waals surface area contributed by atoms with Crippen LogP contribution in [-0.2, 0) is 14.3 Å². The summed E-state index contributed by atoms with van der Waals surface area (Å²) in [7, 11) is 0. The summed E-state index contributed by atoms with van der Waals surface area (Å²) >= 11 is 0. The molecule has 1 aromatic heterocycles. The first kappa shape index (κ1) is 20.3. The van der Waals surface area contributed by atoms with Gasteiger partial charge in [0.15, 0.2) is 0 Å². The number of ether oxygens (including phenoxy) is 1. The van der Waals surface area contributed by atoms with Gasteiger partial charge >= 0.3 is 0 Å². The van der Waals surface area contributed by atoms with Crippen molar-refractivity contribution in [1.82, 2.24) is 4.90 Å². The maximum absolute atomic E-state index is 13.2. The zero-order valence-electron chi connectivity index (χ0n) is 16.4. The van der Waals surface area contributed by atoms with E-state index in [0.717, 1.165) is 45.0 Å². The molecule has 158 valence electrons. The predicted octanol–water partition coefficient (Wildman–Crippen LogP) is -0.0521. The number of likely N-dealkylation sites (tertiary alicyclic amines) is 1. The van der Waals surface area contributed by atoms with Crippen molar-refractivity contribution in [1.29, 1.82) is 0 Å². The number of Topliss-reactive ketones (excluding diaryl/α,β-unsaturated/α-hetero) is 1. The molecule has 2 aromatic rings. The Hall–Kier alpha value is -2.97. The maximum Gasteiger partial charge on any atom is 0.295 e. The van der Waals surface area contributed by atoms with Crippen LogP contribution in [0.1, 0.15) is 23.8 Å². The number of carbonyl (C=O) groups is 2. The molecule has 2 aliphatic heterocycles. The number of carbonyl (C=O) groups excluding carboxylic acids is 2. The van der Waals surface area contributed by atoms with Gasteiger partial charge in [-0.2, -0.15) is 0 Å². The van der Waals surface area contributed by atoms with Gasteiger partial charge in [0.25, 0.3) is 5.91 Å². The third-order valence-electron chi connectivity index (χ3n) is 5.58. The van der Waals surface area contributed by atoms with Gasteiger partial charge in [-0.3, -0.25) is 9.59 Å². The van der Waals surface area contributed by atoms with Gasteiger partial charge in [-0.05, 0) is 29.8 Å². The van der Waals surface area contributed by atoms with Crippen molar-refractivity contribution in [2.75, 3.05) is 39.4 Å². The topological polar surface area (TPSA) is 87.2 Å². The Morgan fingerprint density at radius 3 is 2.57 bits per heavy atom. The zero-order valence-corrected chi connectivity index (χ0v) is 16.4. The summed E-state index contributed by atoms with van der Waals surface area (Å²) < 4.78 is 24.1. The van der Waals surface area contributed by atoms with Crippen LogP contribution in [0.25, 0.3) is 5.76 Å². The van der Waals surface area contributed by atoms with Gasteiger partial charge in [-0.15, -0.1) is 0 Å². The number of furan rings is 1. The first-order valence-electron chi connectivity index (χ1n) is 10.0. The number of nitrogens with zero attached hydrogens (tertiary/aromatic N) is 1. The van der Waals surface area contributed by atoms with Crippen molar-refractivity contribution in [2.24, 2.45) is 0 Å². The summed E-state index contributed by atoms with van der Waals surface area (Å²) in [5.41, 5.74) is 0.00370. The molecule has 0 radical (unpaired) electrons. The molecule has 1 amide bonds. The monoisotopic (exact) mass is 414 g/mol. The number of rotatable bonds is 6. The molecule has 30 heavy (non-hydrogen) atoms. The number of amides is 1. The molecule has 3 heterocycles. The van der Waals surface area contributed by atoms with E-state index in [-0.39, 0.29) is 11.1 Å². The Kier molecular flexibility index (Phi) is 5.96. The number of morpholine rings is 1. The second kappa shape index (κ2) is 8.81. The second-order valence-corrected chi connectivity index (χ2v) is 7.46. The Bertz CT molecular complexity index is 933. The number of nitrogens with one attached hydrogen (secondary N) is 1. The lowest BCUT2D eigenvalue weighted by molar-refractivity contribution is -0.908. The zero-order chi connectivity index (χ0) is 21.1. The largest absolute Gasteiger partial charge is 0.872 e. The Morgan fingerprint density at radius 1 is 1.17 bits per heavy atom. The third-order valence-corrected chi connectivity index (χ3v) is 5.58. The van der Waals surface area contributed by atoms with E-state index < -0.39 is 29.3 Å². The van der Waals surface area contributed by atoms with E-state index in [1.54, 1.807) is 12.1 Å². The van der Waals surface area contributed by atoms with Crippen molar-refractivity contribution in [3.05, 3.63) is 65.4 Å². The summed E-state index contributed by atoms with van der Waals surface area (Å²) in [5, 5.41) is 13.1. The number of halogens is 1. The highest BCUT2D eigenvalue weighted by atomic mass is 19.1. The fourth-order valence-corrected chi connectivity index (χ4v) is 4.01. The summed E-state index contributed by atoms with van der Waals surface area (Å²) in [4.78, 5) is 28.4. The standard InChI is InChI=1S/C22H23FN2O5/c23-16-6-4-15(5-7-16)20(26)18-19(17-3-1-12-30-17)25(22(28)21(18)27)9-2-8-24-10-13-29-14-11-24/h1,3-7,12,19,26H,2,8-11,13-14H2/b20-18+. The van der Waals surface area contributed by atoms with Crippen LogP contribution in [0.15, 0.2) is 52.7 Å². The van der Waals surface area contributed by atoms with Gasteiger partial charge in [-0.1, -0.05) is 17.9 Å². The minimum absolute atomic E-state index is 0.153. The summed E-state index contributed by atoms with van der Waals surface area (Å²) in [6, 6.07) is 7.35. The van der Waals surface area contributed by atoms with Crippen LogP contribution in [0.2, 0.25) is 0 Å². The van der Waals surface area contributed by atoms with Gasteiger partial charge in [0.2, 0.25) is 5.78 Å². The van der Waals surface area contributed by atoms with E-state index in [2.05, 4.69) is 0 Å². The molecule has 1 aromatic carbocycles. The first-order chi connectivity index (χ1) is 14.6. The third kappa shape index (κ3) is 4.01. The highest BCUT2D eigenvalue weighted by Crippen LogP contribution is 2.38. The molecule has 8 heteroatoms. The molecule has 1 atom stereocenters. The van der Waals surface area contributed by atoms with Gasteiger partial charge in [-0.25, -0.2) is 4.39 Å². The molecule has 0 spiro atoms. The normalized spacial score (nSPS) is 22.0. The Balaban J connectivity index is 1.61. The van der Waals surface area contributed by atoms with Crippen molar-refractivity contribution >= 4 is 17.4 Å². The first-order valence-corrected chi connectivity index (χ1v) is 10.0. The lowest BCUT2D eigenvalue weighted by Gasteiger charge is -2.27. The minimum Gasteiger partial charge on any atom is -0.872 e. The van der Waals surface area contributed by atoms with Crippen LogP contribution in [0.3, 0.4) is 0 Å². The molecular weight excluding hydrogens is 391 g/mol. The van der Waals surface area contributed by atoms with E-state index >= 15 is 0 Å². The molecule has 2 saturated heterocycles. The molecule has 0 bridgehead atoms. The molecule has 0 aliphatic carbocycles. The quantitative estimate of drug-likeness (QED) is 0.407. The SMILES string of the molecule is O=C1C(=O)N(CCC[NH+]2CCOCC2)C(c2ccco2)/C1=C(\[O-])c1ccc(F)cc1.